The second-order valence-electron chi connectivity index (χ2n) is 5.91. The molecule has 0 aliphatic carbocycles. The molecule has 1 saturated heterocycles. The van der Waals surface area contributed by atoms with Crippen molar-refractivity contribution in [2.75, 3.05) is 19.7 Å². The van der Waals surface area contributed by atoms with Gasteiger partial charge in [-0.15, -0.1) is 11.3 Å². The van der Waals surface area contributed by atoms with Crippen LogP contribution in [0.25, 0.3) is 11.1 Å². The molecule has 2 heterocycles. The molecule has 5 heteroatoms. The number of ether oxygens (including phenoxy) is 1. The lowest BCUT2D eigenvalue weighted by Gasteiger charge is -2.31. The summed E-state index contributed by atoms with van der Waals surface area (Å²) in [5.74, 6) is -0.376. The van der Waals surface area contributed by atoms with Gasteiger partial charge in [0.1, 0.15) is 0 Å². The van der Waals surface area contributed by atoms with Gasteiger partial charge < -0.3 is 9.64 Å². The van der Waals surface area contributed by atoms with Crippen molar-refractivity contribution in [3.05, 3.63) is 46.7 Å². The number of likely N-dealkylation sites (tertiary alicyclic amines) is 1. The fraction of sp³-hybridized carbons (Fsp3) is 0.368. The van der Waals surface area contributed by atoms with Crippen LogP contribution in [0.3, 0.4) is 0 Å². The van der Waals surface area contributed by atoms with E-state index in [9.17, 15) is 9.59 Å². The van der Waals surface area contributed by atoms with E-state index in [0.717, 1.165) is 28.8 Å². The molecule has 0 radical (unpaired) electrons. The van der Waals surface area contributed by atoms with E-state index in [1.54, 1.807) is 11.8 Å². The fourth-order valence-electron chi connectivity index (χ4n) is 3.00. The second kappa shape index (κ2) is 7.62. The minimum Gasteiger partial charge on any atom is -0.466 e. The number of hydrogen-bond acceptors (Lipinski definition) is 4. The first-order valence-electron chi connectivity index (χ1n) is 8.29. The maximum atomic E-state index is 12.8. The van der Waals surface area contributed by atoms with Crippen molar-refractivity contribution in [1.82, 2.24) is 4.90 Å². The summed E-state index contributed by atoms with van der Waals surface area (Å²) in [6.07, 6.45) is 1.63. The number of esters is 1. The molecule has 4 nitrogen and oxygen atoms in total. The highest BCUT2D eigenvalue weighted by molar-refractivity contribution is 7.12. The lowest BCUT2D eigenvalue weighted by atomic mass is 9.98. The van der Waals surface area contributed by atoms with Gasteiger partial charge >= 0.3 is 5.97 Å². The van der Waals surface area contributed by atoms with Crippen molar-refractivity contribution in [3.63, 3.8) is 0 Å². The predicted octanol–water partition coefficient (Wildman–Crippen LogP) is 3.83. The van der Waals surface area contributed by atoms with Gasteiger partial charge in [-0.05, 0) is 42.3 Å². The first-order chi connectivity index (χ1) is 11.7. The molecule has 1 aliphatic heterocycles. The molecule has 1 atom stereocenters. The minimum absolute atomic E-state index is 0.0104. The van der Waals surface area contributed by atoms with Gasteiger partial charge in [-0.3, -0.25) is 9.59 Å². The van der Waals surface area contributed by atoms with Crippen LogP contribution in [0.15, 0.2) is 41.8 Å². The Balaban J connectivity index is 1.70. The smallest absolute Gasteiger partial charge is 0.310 e. The quantitative estimate of drug-likeness (QED) is 0.793. The third-order valence-corrected chi connectivity index (χ3v) is 5.16. The average molecular weight is 343 g/mol. The number of benzene rings is 1. The molecule has 1 aromatic heterocycles. The van der Waals surface area contributed by atoms with E-state index in [2.05, 4.69) is 0 Å². The Morgan fingerprint density at radius 1 is 1.25 bits per heavy atom. The number of thiophene rings is 1. The summed E-state index contributed by atoms with van der Waals surface area (Å²) in [4.78, 5) is 27.2. The summed E-state index contributed by atoms with van der Waals surface area (Å²) in [7, 11) is 0. The molecule has 0 spiro atoms. The highest BCUT2D eigenvalue weighted by Crippen LogP contribution is 2.28. The lowest BCUT2D eigenvalue weighted by Crippen LogP contribution is -2.42. The van der Waals surface area contributed by atoms with Crippen LogP contribution < -0.4 is 0 Å². The summed E-state index contributed by atoms with van der Waals surface area (Å²) < 4.78 is 5.10. The van der Waals surface area contributed by atoms with E-state index in [1.165, 1.54) is 11.3 Å². The van der Waals surface area contributed by atoms with Gasteiger partial charge in [-0.2, -0.15) is 0 Å². The van der Waals surface area contributed by atoms with Crippen LogP contribution in [0.4, 0.5) is 0 Å². The van der Waals surface area contributed by atoms with Crippen LogP contribution >= 0.6 is 11.3 Å². The topological polar surface area (TPSA) is 46.6 Å². The third-order valence-electron chi connectivity index (χ3n) is 4.25. The monoisotopic (exact) mass is 343 g/mol. The SMILES string of the molecule is CCOC(=O)C1CCCN(C(=O)c2cc(-c3ccccc3)cs2)C1. The third kappa shape index (κ3) is 3.67. The first kappa shape index (κ1) is 16.7. The largest absolute Gasteiger partial charge is 0.466 e. The maximum absolute atomic E-state index is 12.8. The van der Waals surface area contributed by atoms with Gasteiger partial charge in [-0.25, -0.2) is 0 Å². The number of amides is 1. The second-order valence-corrected chi connectivity index (χ2v) is 6.82. The first-order valence-corrected chi connectivity index (χ1v) is 9.17. The molecule has 24 heavy (non-hydrogen) atoms. The van der Waals surface area contributed by atoms with E-state index < -0.39 is 0 Å². The van der Waals surface area contributed by atoms with E-state index in [1.807, 2.05) is 41.8 Å². The van der Waals surface area contributed by atoms with Crippen molar-refractivity contribution in [2.45, 2.75) is 19.8 Å². The number of piperidine rings is 1. The summed E-state index contributed by atoms with van der Waals surface area (Å²) >= 11 is 1.46. The fourth-order valence-corrected chi connectivity index (χ4v) is 3.88. The predicted molar refractivity (Wildman–Crippen MR) is 95.0 cm³/mol. The molecule has 1 unspecified atom stereocenters. The summed E-state index contributed by atoms with van der Waals surface area (Å²) in [6.45, 7) is 3.35. The standard InChI is InChI=1S/C19H21NO3S/c1-2-23-19(22)15-9-6-10-20(12-15)18(21)17-11-16(13-24-17)14-7-4-3-5-8-14/h3-5,7-8,11,13,15H,2,6,9-10,12H2,1H3. The van der Waals surface area contributed by atoms with Gasteiger partial charge in [0.25, 0.3) is 5.91 Å². The van der Waals surface area contributed by atoms with E-state index in [-0.39, 0.29) is 17.8 Å². The van der Waals surface area contributed by atoms with Crippen LogP contribution in [-0.4, -0.2) is 36.5 Å². The molecular formula is C19H21NO3S. The lowest BCUT2D eigenvalue weighted by molar-refractivity contribution is -0.149. The highest BCUT2D eigenvalue weighted by Gasteiger charge is 2.30. The normalized spacial score (nSPS) is 17.5. The van der Waals surface area contributed by atoms with Crippen molar-refractivity contribution < 1.29 is 14.3 Å². The number of carbonyl (C=O) groups is 2. The van der Waals surface area contributed by atoms with Gasteiger partial charge in [0.05, 0.1) is 17.4 Å². The molecule has 0 N–H and O–H groups in total. The summed E-state index contributed by atoms with van der Waals surface area (Å²) in [5.41, 5.74) is 2.17. The molecule has 2 aromatic rings. The van der Waals surface area contributed by atoms with Crippen LogP contribution in [0, 0.1) is 5.92 Å². The summed E-state index contributed by atoms with van der Waals surface area (Å²) in [6, 6.07) is 12.0. The average Bonchev–Trinajstić information content (AvgIpc) is 3.12. The van der Waals surface area contributed by atoms with E-state index in [0.29, 0.717) is 19.7 Å². The number of rotatable bonds is 4. The Bertz CT molecular complexity index is 710. The highest BCUT2D eigenvalue weighted by atomic mass is 32.1. The number of hydrogen-bond donors (Lipinski definition) is 0. The van der Waals surface area contributed by atoms with Crippen LogP contribution in [0.5, 0.6) is 0 Å². The number of carbonyl (C=O) groups excluding carboxylic acids is 2. The molecule has 126 valence electrons. The Kier molecular flexibility index (Phi) is 5.30. The molecule has 1 fully saturated rings. The summed E-state index contributed by atoms with van der Waals surface area (Å²) in [5, 5.41) is 2.01. The van der Waals surface area contributed by atoms with E-state index >= 15 is 0 Å². The molecule has 1 aromatic carbocycles. The van der Waals surface area contributed by atoms with Crippen molar-refractivity contribution in [2.24, 2.45) is 5.92 Å². The van der Waals surface area contributed by atoms with Gasteiger partial charge in [0.2, 0.25) is 0 Å². The Hall–Kier alpha value is -2.14. The zero-order valence-corrected chi connectivity index (χ0v) is 14.6. The minimum atomic E-state index is -0.198. The molecule has 0 bridgehead atoms. The molecule has 0 saturated carbocycles. The zero-order valence-electron chi connectivity index (χ0n) is 13.7. The molecule has 1 aliphatic rings. The Morgan fingerprint density at radius 3 is 2.79 bits per heavy atom. The van der Waals surface area contributed by atoms with Crippen LogP contribution in [0.1, 0.15) is 29.4 Å². The maximum Gasteiger partial charge on any atom is 0.310 e. The Labute approximate surface area is 146 Å². The van der Waals surface area contributed by atoms with Crippen molar-refractivity contribution >= 4 is 23.2 Å². The van der Waals surface area contributed by atoms with Gasteiger partial charge in [-0.1, -0.05) is 30.3 Å². The number of nitrogens with zero attached hydrogens (tertiary/aromatic N) is 1. The van der Waals surface area contributed by atoms with Crippen LogP contribution in [-0.2, 0) is 9.53 Å². The van der Waals surface area contributed by atoms with E-state index in [4.69, 9.17) is 4.74 Å². The van der Waals surface area contributed by atoms with Gasteiger partial charge in [0.15, 0.2) is 0 Å². The van der Waals surface area contributed by atoms with Crippen molar-refractivity contribution in [3.8, 4) is 11.1 Å². The van der Waals surface area contributed by atoms with Gasteiger partial charge in [0, 0.05) is 13.1 Å². The zero-order chi connectivity index (χ0) is 16.9. The molecule has 1 amide bonds. The van der Waals surface area contributed by atoms with Crippen molar-refractivity contribution in [1.29, 1.82) is 0 Å². The molecule has 3 rings (SSSR count). The Morgan fingerprint density at radius 2 is 2.04 bits per heavy atom. The van der Waals surface area contributed by atoms with Crippen LogP contribution in [0.2, 0.25) is 0 Å². The molecular weight excluding hydrogens is 322 g/mol.